The number of aliphatic hydroxyl groups is 2. The summed E-state index contributed by atoms with van der Waals surface area (Å²) in [5.41, 5.74) is 5.48. The van der Waals surface area contributed by atoms with Crippen molar-refractivity contribution >= 4 is 13.6 Å². The Bertz CT molecular complexity index is 989. The summed E-state index contributed by atoms with van der Waals surface area (Å²) in [4.78, 5) is 19.5. The molecular formula is C17H21N4O8P. The molecule has 2 aromatic rings. The summed E-state index contributed by atoms with van der Waals surface area (Å²) in [5.74, 6) is 0.0117. The highest BCUT2D eigenvalue weighted by Gasteiger charge is 2.46. The number of ether oxygens (including phenoxy) is 1. The fourth-order valence-electron chi connectivity index (χ4n) is 3.26. The molecule has 0 spiro atoms. The summed E-state index contributed by atoms with van der Waals surface area (Å²) >= 11 is 0. The second kappa shape index (κ2) is 8.52. The molecule has 0 aliphatic carbocycles. The van der Waals surface area contributed by atoms with Crippen LogP contribution >= 0.6 is 7.82 Å². The highest BCUT2D eigenvalue weighted by atomic mass is 31.2. The third-order valence-electron chi connectivity index (χ3n) is 4.82. The minimum atomic E-state index is -3.93. The van der Waals surface area contributed by atoms with Gasteiger partial charge in [-0.1, -0.05) is 0 Å². The van der Waals surface area contributed by atoms with Gasteiger partial charge in [0, 0.05) is 25.0 Å². The smallest absolute Gasteiger partial charge is 0.387 e. The SMILES string of the molecule is Nc1ccn(C2O[C@H](CO[P@@]3(=O)OCC[C@@H](c4ccncc4)O3)[C@@H](O)[C@@H]2O)c(=O)n1. The summed E-state index contributed by atoms with van der Waals surface area (Å²) in [5, 5.41) is 20.6. The Balaban J connectivity index is 1.42. The van der Waals surface area contributed by atoms with E-state index in [0.29, 0.717) is 6.42 Å². The monoisotopic (exact) mass is 440 g/mol. The first-order valence-corrected chi connectivity index (χ1v) is 10.7. The number of phosphoric acid groups is 1. The van der Waals surface area contributed by atoms with Crippen LogP contribution in [0.4, 0.5) is 5.82 Å². The number of aliphatic hydroxyl groups excluding tert-OH is 2. The highest BCUT2D eigenvalue weighted by Crippen LogP contribution is 2.57. The van der Waals surface area contributed by atoms with Crippen molar-refractivity contribution in [2.75, 3.05) is 18.9 Å². The van der Waals surface area contributed by atoms with Crippen LogP contribution in [-0.2, 0) is 22.9 Å². The lowest BCUT2D eigenvalue weighted by molar-refractivity contribution is -0.0609. The van der Waals surface area contributed by atoms with Crippen LogP contribution in [0.25, 0.3) is 0 Å². The quantitative estimate of drug-likeness (QED) is 0.541. The second-order valence-electron chi connectivity index (χ2n) is 6.83. The molecule has 2 aromatic heterocycles. The first kappa shape index (κ1) is 21.1. The van der Waals surface area contributed by atoms with E-state index < -0.39 is 50.8 Å². The molecule has 0 saturated carbocycles. The van der Waals surface area contributed by atoms with Crippen molar-refractivity contribution in [2.24, 2.45) is 0 Å². The van der Waals surface area contributed by atoms with Crippen molar-refractivity contribution in [3.63, 3.8) is 0 Å². The minimum Gasteiger partial charge on any atom is -0.387 e. The van der Waals surface area contributed by atoms with Crippen LogP contribution in [0.5, 0.6) is 0 Å². The Hall–Kier alpha value is -2.18. The van der Waals surface area contributed by atoms with Crippen LogP contribution in [0, 0.1) is 0 Å². The summed E-state index contributed by atoms with van der Waals surface area (Å²) in [7, 11) is -3.93. The molecule has 162 valence electrons. The van der Waals surface area contributed by atoms with E-state index in [2.05, 4.69) is 9.97 Å². The summed E-state index contributed by atoms with van der Waals surface area (Å²) in [6.45, 7) is -0.248. The molecule has 4 rings (SSSR count). The number of nitrogen functional groups attached to an aromatic ring is 1. The van der Waals surface area contributed by atoms with Gasteiger partial charge in [0.2, 0.25) is 0 Å². The van der Waals surface area contributed by atoms with E-state index in [4.69, 9.17) is 24.0 Å². The van der Waals surface area contributed by atoms with Gasteiger partial charge in [0.1, 0.15) is 24.1 Å². The van der Waals surface area contributed by atoms with Crippen LogP contribution < -0.4 is 11.4 Å². The number of nitrogens with zero attached hydrogens (tertiary/aromatic N) is 3. The van der Waals surface area contributed by atoms with Gasteiger partial charge in [-0.15, -0.1) is 0 Å². The average Bonchev–Trinajstić information content (AvgIpc) is 3.01. The van der Waals surface area contributed by atoms with E-state index in [1.807, 2.05) is 0 Å². The maximum atomic E-state index is 12.8. The number of rotatable bonds is 5. The Morgan fingerprint density at radius 3 is 2.77 bits per heavy atom. The number of pyridine rings is 1. The Morgan fingerprint density at radius 1 is 1.27 bits per heavy atom. The van der Waals surface area contributed by atoms with E-state index in [1.54, 1.807) is 24.5 Å². The molecule has 4 N–H and O–H groups in total. The predicted molar refractivity (Wildman–Crippen MR) is 101 cm³/mol. The summed E-state index contributed by atoms with van der Waals surface area (Å²) in [6.07, 6.45) is -0.693. The molecule has 1 unspecified atom stereocenters. The Kier molecular flexibility index (Phi) is 5.98. The van der Waals surface area contributed by atoms with Gasteiger partial charge in [0.15, 0.2) is 6.23 Å². The lowest BCUT2D eigenvalue weighted by Gasteiger charge is -2.29. The van der Waals surface area contributed by atoms with E-state index >= 15 is 0 Å². The largest absolute Gasteiger partial charge is 0.475 e. The number of aromatic nitrogens is 3. The van der Waals surface area contributed by atoms with E-state index in [9.17, 15) is 19.6 Å². The lowest BCUT2D eigenvalue weighted by atomic mass is 10.1. The molecule has 0 aromatic carbocycles. The summed E-state index contributed by atoms with van der Waals surface area (Å²) < 4.78 is 35.5. The van der Waals surface area contributed by atoms with Gasteiger partial charge in [-0.3, -0.25) is 23.1 Å². The third-order valence-corrected chi connectivity index (χ3v) is 6.30. The van der Waals surface area contributed by atoms with Gasteiger partial charge in [-0.25, -0.2) is 9.36 Å². The van der Waals surface area contributed by atoms with Crippen LogP contribution in [-0.4, -0.2) is 56.3 Å². The molecule has 30 heavy (non-hydrogen) atoms. The van der Waals surface area contributed by atoms with Crippen LogP contribution in [0.3, 0.4) is 0 Å². The number of anilines is 1. The maximum absolute atomic E-state index is 12.8. The summed E-state index contributed by atoms with van der Waals surface area (Å²) in [6, 6.07) is 4.84. The number of hydrogen-bond acceptors (Lipinski definition) is 11. The Morgan fingerprint density at radius 2 is 2.03 bits per heavy atom. The molecule has 2 aliphatic heterocycles. The molecule has 6 atom stereocenters. The fraction of sp³-hybridized carbons (Fsp3) is 0.471. The van der Waals surface area contributed by atoms with E-state index in [-0.39, 0.29) is 12.4 Å². The van der Waals surface area contributed by atoms with E-state index in [0.717, 1.165) is 10.1 Å². The molecule has 13 heteroatoms. The fourth-order valence-corrected chi connectivity index (χ4v) is 4.66. The average molecular weight is 440 g/mol. The number of nitrogens with two attached hydrogens (primary N) is 1. The van der Waals surface area contributed by atoms with Crippen molar-refractivity contribution in [3.8, 4) is 0 Å². The molecule has 0 amide bonds. The van der Waals surface area contributed by atoms with Crippen LogP contribution in [0.15, 0.2) is 41.6 Å². The standard InChI is InChI=1S/C17H21N4O8P/c18-13-3-7-21(17(24)20-13)16-15(23)14(22)12(28-16)9-27-30(25)26-8-4-11(29-30)10-1-5-19-6-2-10/h1-3,5-7,11-12,14-16,22-23H,4,8-9H2,(H2,18,20,24)/t11-,12+,14+,15-,16?,30+/m0/s1. The molecule has 2 saturated heterocycles. The predicted octanol–water partition coefficient (Wildman–Crippen LogP) is 0.143. The van der Waals surface area contributed by atoms with Gasteiger partial charge in [0.25, 0.3) is 0 Å². The highest BCUT2D eigenvalue weighted by molar-refractivity contribution is 7.48. The van der Waals surface area contributed by atoms with Crippen molar-refractivity contribution < 1.29 is 33.1 Å². The van der Waals surface area contributed by atoms with Crippen molar-refractivity contribution in [1.82, 2.24) is 14.5 Å². The lowest BCUT2D eigenvalue weighted by Crippen LogP contribution is -2.36. The zero-order valence-electron chi connectivity index (χ0n) is 15.7. The molecule has 2 aliphatic rings. The number of hydrogen-bond donors (Lipinski definition) is 3. The van der Waals surface area contributed by atoms with Gasteiger partial charge in [-0.2, -0.15) is 4.98 Å². The molecule has 2 fully saturated rings. The third kappa shape index (κ3) is 4.30. The second-order valence-corrected chi connectivity index (χ2v) is 8.45. The zero-order valence-corrected chi connectivity index (χ0v) is 16.6. The molecule has 4 heterocycles. The molecule has 0 radical (unpaired) electrons. The van der Waals surface area contributed by atoms with Gasteiger partial charge < -0.3 is 20.7 Å². The number of phosphoric ester groups is 1. The van der Waals surface area contributed by atoms with Crippen molar-refractivity contribution in [3.05, 3.63) is 52.8 Å². The first-order valence-electron chi connectivity index (χ1n) is 9.20. The van der Waals surface area contributed by atoms with Gasteiger partial charge in [0.05, 0.1) is 19.3 Å². The van der Waals surface area contributed by atoms with Gasteiger partial charge >= 0.3 is 13.5 Å². The molecule has 0 bridgehead atoms. The molecular weight excluding hydrogens is 419 g/mol. The topological polar surface area (TPSA) is 168 Å². The minimum absolute atomic E-state index is 0.0117. The Labute approximate surface area is 170 Å². The van der Waals surface area contributed by atoms with Crippen molar-refractivity contribution in [2.45, 2.75) is 37.1 Å². The molecule has 12 nitrogen and oxygen atoms in total. The normalized spacial score (nSPS) is 34.1. The van der Waals surface area contributed by atoms with Crippen LogP contribution in [0.1, 0.15) is 24.3 Å². The van der Waals surface area contributed by atoms with Crippen LogP contribution in [0.2, 0.25) is 0 Å². The van der Waals surface area contributed by atoms with E-state index in [1.165, 1.54) is 12.3 Å². The van der Waals surface area contributed by atoms with Gasteiger partial charge in [-0.05, 0) is 23.8 Å². The van der Waals surface area contributed by atoms with Crippen molar-refractivity contribution in [1.29, 1.82) is 0 Å². The maximum Gasteiger partial charge on any atom is 0.475 e. The first-order chi connectivity index (χ1) is 14.4. The zero-order chi connectivity index (χ0) is 21.3.